The highest BCUT2D eigenvalue weighted by Crippen LogP contribution is 2.49. The molecule has 0 unspecified atom stereocenters. The molecule has 0 bridgehead atoms. The number of nitrogens with zero attached hydrogens (tertiary/aromatic N) is 1. The number of allylic oxidation sites excluding steroid dienone is 5. The molecule has 9 rings (SSSR count). The van der Waals surface area contributed by atoms with Gasteiger partial charge in [0.2, 0.25) is 0 Å². The van der Waals surface area contributed by atoms with E-state index in [0.29, 0.717) is 0 Å². The van der Waals surface area contributed by atoms with Gasteiger partial charge in [-0.15, -0.1) is 0 Å². The molecule has 0 radical (unpaired) electrons. The molecule has 0 atom stereocenters. The van der Waals surface area contributed by atoms with Gasteiger partial charge in [-0.25, -0.2) is 0 Å². The summed E-state index contributed by atoms with van der Waals surface area (Å²) in [4.78, 5) is 2.43. The minimum atomic E-state index is -0.0992. The van der Waals surface area contributed by atoms with E-state index >= 15 is 0 Å². The van der Waals surface area contributed by atoms with Gasteiger partial charge < -0.3 is 4.90 Å². The lowest BCUT2D eigenvalue weighted by molar-refractivity contribution is 0.639. The number of anilines is 3. The van der Waals surface area contributed by atoms with Gasteiger partial charge in [0.15, 0.2) is 0 Å². The summed E-state index contributed by atoms with van der Waals surface area (Å²) in [6.45, 7) is 24.0. The fourth-order valence-electron chi connectivity index (χ4n) is 9.23. The molecule has 0 spiro atoms. The van der Waals surface area contributed by atoms with Crippen LogP contribution in [0, 0.1) is 41.5 Å². The highest BCUT2D eigenvalue weighted by molar-refractivity contribution is 6.11. The maximum atomic E-state index is 3.93. The fourth-order valence-corrected chi connectivity index (χ4v) is 9.23. The standard InChI is InChI=1S/C52H47N.C8H10/c1-9-10-16-45-37(6)52(7,8)51-32-42(27-29-48(45)51)53(41-26-28-47-46-19-14-13-18-44(46)35(4)36(5)50(47)31-41)40-24-22-38(23-25-40)39-21-20-34(3)49(30-39)43-17-12-11-15-33(43)2;1-7-4-3-5-8(2)6-7/h9-32H,1H2,2-8H3;3-6H,1-2H3/b16-10-;. The molecule has 1 nitrogen and oxygen atoms in total. The van der Waals surface area contributed by atoms with E-state index in [2.05, 4.69) is 232 Å². The van der Waals surface area contributed by atoms with Gasteiger partial charge in [0.25, 0.3) is 0 Å². The van der Waals surface area contributed by atoms with Crippen molar-refractivity contribution < 1.29 is 0 Å². The van der Waals surface area contributed by atoms with E-state index in [1.165, 1.54) is 99.5 Å². The molecule has 302 valence electrons. The highest BCUT2D eigenvalue weighted by atomic mass is 15.1. The summed E-state index contributed by atoms with van der Waals surface area (Å²) in [5.74, 6) is 0. The molecular weight excluding hydrogens is 735 g/mol. The van der Waals surface area contributed by atoms with Gasteiger partial charge in [-0.05, 0) is 174 Å². The van der Waals surface area contributed by atoms with Crippen LogP contribution >= 0.6 is 0 Å². The second kappa shape index (κ2) is 16.7. The molecule has 8 aromatic carbocycles. The van der Waals surface area contributed by atoms with Gasteiger partial charge >= 0.3 is 0 Å². The zero-order chi connectivity index (χ0) is 43.0. The van der Waals surface area contributed by atoms with E-state index in [0.717, 1.165) is 17.1 Å². The molecule has 0 aromatic heterocycles. The van der Waals surface area contributed by atoms with Gasteiger partial charge in [-0.1, -0.05) is 165 Å². The molecule has 61 heavy (non-hydrogen) atoms. The van der Waals surface area contributed by atoms with Crippen molar-refractivity contribution in [3.05, 3.63) is 227 Å². The Labute approximate surface area is 364 Å². The first kappa shape index (κ1) is 41.1. The van der Waals surface area contributed by atoms with Crippen LogP contribution < -0.4 is 4.90 Å². The summed E-state index contributed by atoms with van der Waals surface area (Å²) < 4.78 is 0. The van der Waals surface area contributed by atoms with Crippen molar-refractivity contribution in [3.63, 3.8) is 0 Å². The normalized spacial score (nSPS) is 13.1. The van der Waals surface area contributed by atoms with Crippen molar-refractivity contribution >= 4 is 44.2 Å². The van der Waals surface area contributed by atoms with Crippen LogP contribution in [0.2, 0.25) is 0 Å². The maximum Gasteiger partial charge on any atom is 0.0468 e. The van der Waals surface area contributed by atoms with E-state index in [1.54, 1.807) is 0 Å². The van der Waals surface area contributed by atoms with Gasteiger partial charge in [-0.3, -0.25) is 0 Å². The molecule has 0 N–H and O–H groups in total. The van der Waals surface area contributed by atoms with Crippen molar-refractivity contribution in [3.8, 4) is 22.3 Å². The Morgan fingerprint density at radius 3 is 1.74 bits per heavy atom. The van der Waals surface area contributed by atoms with E-state index < -0.39 is 0 Å². The van der Waals surface area contributed by atoms with E-state index in [1.807, 2.05) is 12.2 Å². The third kappa shape index (κ3) is 7.78. The van der Waals surface area contributed by atoms with Crippen molar-refractivity contribution in [2.75, 3.05) is 4.90 Å². The lowest BCUT2D eigenvalue weighted by atomic mass is 9.82. The molecule has 0 fully saturated rings. The molecule has 0 saturated carbocycles. The topological polar surface area (TPSA) is 3.24 Å². The Bertz CT molecular complexity index is 3010. The lowest BCUT2D eigenvalue weighted by Gasteiger charge is -2.29. The Morgan fingerprint density at radius 1 is 0.459 bits per heavy atom. The third-order valence-corrected chi connectivity index (χ3v) is 13.1. The Morgan fingerprint density at radius 2 is 1.05 bits per heavy atom. The molecule has 1 aliphatic carbocycles. The van der Waals surface area contributed by atoms with Crippen molar-refractivity contribution in [1.29, 1.82) is 0 Å². The molecule has 0 heterocycles. The van der Waals surface area contributed by atoms with Crippen LogP contribution in [0.3, 0.4) is 0 Å². The van der Waals surface area contributed by atoms with Crippen molar-refractivity contribution in [1.82, 2.24) is 0 Å². The lowest BCUT2D eigenvalue weighted by Crippen LogP contribution is -2.17. The van der Waals surface area contributed by atoms with E-state index in [-0.39, 0.29) is 5.41 Å². The van der Waals surface area contributed by atoms with Crippen LogP contribution in [0.1, 0.15) is 65.3 Å². The molecule has 8 aromatic rings. The molecule has 1 heteroatoms. The first-order valence-corrected chi connectivity index (χ1v) is 21.5. The van der Waals surface area contributed by atoms with E-state index in [4.69, 9.17) is 0 Å². The van der Waals surface area contributed by atoms with Crippen LogP contribution in [-0.2, 0) is 5.41 Å². The van der Waals surface area contributed by atoms with Gasteiger partial charge in [-0.2, -0.15) is 0 Å². The van der Waals surface area contributed by atoms with Crippen LogP contribution in [0.4, 0.5) is 17.1 Å². The average molecular weight is 792 g/mol. The van der Waals surface area contributed by atoms with Gasteiger partial charge in [0, 0.05) is 22.5 Å². The largest absolute Gasteiger partial charge is 0.310 e. The fraction of sp³-hybridized carbons (Fsp3) is 0.167. The minimum absolute atomic E-state index is 0.0992. The van der Waals surface area contributed by atoms with Crippen molar-refractivity contribution in [2.45, 2.75) is 67.7 Å². The second-order valence-corrected chi connectivity index (χ2v) is 17.4. The summed E-state index contributed by atoms with van der Waals surface area (Å²) in [6, 6.07) is 55.9. The molecular formula is C60H57N. The second-order valence-electron chi connectivity index (χ2n) is 17.4. The first-order valence-electron chi connectivity index (χ1n) is 21.5. The summed E-state index contributed by atoms with van der Waals surface area (Å²) in [5, 5.41) is 5.21. The summed E-state index contributed by atoms with van der Waals surface area (Å²) in [7, 11) is 0. The first-order chi connectivity index (χ1) is 29.4. The Balaban J connectivity index is 0.000000578. The number of hydrogen-bond acceptors (Lipinski definition) is 1. The third-order valence-electron chi connectivity index (χ3n) is 13.1. The van der Waals surface area contributed by atoms with Crippen molar-refractivity contribution in [2.24, 2.45) is 0 Å². The van der Waals surface area contributed by atoms with Crippen LogP contribution in [-0.4, -0.2) is 0 Å². The van der Waals surface area contributed by atoms with Gasteiger partial charge in [0.05, 0.1) is 0 Å². The molecule has 0 aliphatic heterocycles. The Hall–Kier alpha value is -6.70. The molecule has 0 saturated heterocycles. The van der Waals surface area contributed by atoms with E-state index in [9.17, 15) is 0 Å². The van der Waals surface area contributed by atoms with Crippen LogP contribution in [0.25, 0.3) is 49.4 Å². The number of benzene rings is 8. The number of rotatable bonds is 7. The van der Waals surface area contributed by atoms with Gasteiger partial charge in [0.1, 0.15) is 0 Å². The quantitative estimate of drug-likeness (QED) is 0.115. The number of hydrogen-bond donors (Lipinski definition) is 0. The monoisotopic (exact) mass is 791 g/mol. The minimum Gasteiger partial charge on any atom is -0.310 e. The summed E-state index contributed by atoms with van der Waals surface area (Å²) in [6.07, 6.45) is 6.12. The smallest absolute Gasteiger partial charge is 0.0468 e. The predicted molar refractivity (Wildman–Crippen MR) is 267 cm³/mol. The molecule has 1 aliphatic rings. The van der Waals surface area contributed by atoms with Crippen LogP contribution in [0.5, 0.6) is 0 Å². The number of aryl methyl sites for hydroxylation is 6. The Kier molecular flexibility index (Phi) is 11.3. The summed E-state index contributed by atoms with van der Waals surface area (Å²) in [5.41, 5.74) is 21.6. The number of fused-ring (bicyclic) bond motifs is 4. The maximum absolute atomic E-state index is 3.93. The highest BCUT2D eigenvalue weighted by Gasteiger charge is 2.35. The van der Waals surface area contributed by atoms with Crippen LogP contribution in [0.15, 0.2) is 182 Å². The molecule has 0 amide bonds. The summed E-state index contributed by atoms with van der Waals surface area (Å²) >= 11 is 0. The predicted octanol–water partition coefficient (Wildman–Crippen LogP) is 17.1. The zero-order valence-corrected chi connectivity index (χ0v) is 37.3. The average Bonchev–Trinajstić information content (AvgIpc) is 3.45. The SMILES string of the molecule is C=C/C=C\C1=C(C)C(C)(C)c2cc(N(c3ccc(-c4ccc(C)c(-c5ccccc5C)c4)cc3)c3ccc4c(c3)c(C)c(C)c3ccccc34)ccc21.Cc1cccc(C)c1. The zero-order valence-electron chi connectivity index (χ0n) is 37.3.